The molecule has 2 aliphatic heterocycles. The maximum Gasteiger partial charge on any atom is 0.352 e. The number of ether oxygens (including phenoxy) is 1. The zero-order valence-electron chi connectivity index (χ0n) is 18.0. The quantitative estimate of drug-likeness (QED) is 0.177. The van der Waals surface area contributed by atoms with E-state index in [0.29, 0.717) is 34.8 Å². The summed E-state index contributed by atoms with van der Waals surface area (Å²) in [6.07, 6.45) is 2.08. The average Bonchev–Trinajstić information content (AvgIpc) is 3.55. The van der Waals surface area contributed by atoms with Crippen molar-refractivity contribution >= 4 is 64.4 Å². The normalized spacial score (nSPS) is 20.6. The number of aromatic nitrogens is 2. The average molecular weight is 543 g/mol. The van der Waals surface area contributed by atoms with E-state index in [9.17, 15) is 19.5 Å². The molecule has 182 valence electrons. The number of nitrogens with zero attached hydrogens (tertiary/aromatic N) is 3. The summed E-state index contributed by atoms with van der Waals surface area (Å²) in [5.74, 6) is -0.814. The molecule has 1 saturated heterocycles. The summed E-state index contributed by atoms with van der Waals surface area (Å²) in [6.45, 7) is 2.62. The number of thiophene rings is 1. The number of thioether (sulfide) groups is 3. The molecule has 2 aromatic rings. The van der Waals surface area contributed by atoms with Gasteiger partial charge in [0.2, 0.25) is 12.3 Å². The van der Waals surface area contributed by atoms with Crippen LogP contribution in [0.2, 0.25) is 0 Å². The van der Waals surface area contributed by atoms with E-state index in [-0.39, 0.29) is 11.6 Å². The van der Waals surface area contributed by atoms with Crippen LogP contribution in [-0.2, 0) is 19.1 Å². The number of β-lactam (4-membered cyclic amide) rings is 1. The lowest BCUT2D eigenvalue weighted by Crippen LogP contribution is -2.70. The Morgan fingerprint density at radius 3 is 3.00 bits per heavy atom. The highest BCUT2D eigenvalue weighted by molar-refractivity contribution is 8.01. The van der Waals surface area contributed by atoms with Crippen molar-refractivity contribution in [2.75, 3.05) is 24.1 Å². The number of fused-ring (bicyclic) bond motifs is 1. The molecule has 0 saturated carbocycles. The zero-order valence-corrected chi connectivity index (χ0v) is 21.3. The van der Waals surface area contributed by atoms with Crippen LogP contribution in [0.5, 0.6) is 0 Å². The molecule has 0 radical (unpaired) electrons. The number of carbonyl (C=O) groups excluding carboxylic acids is 2. The Kier molecular flexibility index (Phi) is 8.58. The smallest absolute Gasteiger partial charge is 0.352 e. The molecule has 34 heavy (non-hydrogen) atoms. The molecule has 1 fully saturated rings. The maximum absolute atomic E-state index is 13.1. The van der Waals surface area contributed by atoms with E-state index >= 15 is 0 Å². The van der Waals surface area contributed by atoms with Crippen LogP contribution in [-0.4, -0.2) is 73.5 Å². The van der Waals surface area contributed by atoms with E-state index in [2.05, 4.69) is 15.5 Å². The molecule has 0 aromatic carbocycles. The number of carboxylic acid groups (broad SMARTS) is 1. The molecule has 2 aromatic heterocycles. The Morgan fingerprint density at radius 1 is 1.47 bits per heavy atom. The van der Waals surface area contributed by atoms with Crippen LogP contribution >= 0.6 is 46.6 Å². The van der Waals surface area contributed by atoms with Crippen LogP contribution in [0.15, 0.2) is 44.8 Å². The standard InChI is InChI=1S/C20H22N4O6S4/c1-2-5-29-10-34-15(12-4-3-6-31-12)16(25)22-13-17(26)24-14(19(27)28)11(7-32-18(13)24)8-33-20-23-21-9-30-20/h3-4,6,9,13,15,18H,2,5,7-8,10H2,1H3,(H,22,25)(H,27,28). The molecular formula is C20H22N4O6S4. The van der Waals surface area contributed by atoms with Crippen LogP contribution in [0.1, 0.15) is 23.5 Å². The van der Waals surface area contributed by atoms with Crippen molar-refractivity contribution in [3.63, 3.8) is 0 Å². The van der Waals surface area contributed by atoms with Gasteiger partial charge in [0, 0.05) is 23.0 Å². The van der Waals surface area contributed by atoms with E-state index in [1.54, 1.807) is 0 Å². The molecule has 4 heterocycles. The van der Waals surface area contributed by atoms with Gasteiger partial charge in [0.25, 0.3) is 11.1 Å². The van der Waals surface area contributed by atoms with Crippen LogP contribution in [0.4, 0.5) is 0 Å². The lowest BCUT2D eigenvalue weighted by Gasteiger charge is -2.49. The van der Waals surface area contributed by atoms with Crippen molar-refractivity contribution in [2.45, 2.75) is 35.2 Å². The van der Waals surface area contributed by atoms with E-state index in [4.69, 9.17) is 9.15 Å². The molecule has 2 N–H and O–H groups in total. The van der Waals surface area contributed by atoms with Crippen LogP contribution in [0.25, 0.3) is 0 Å². The van der Waals surface area contributed by atoms with Gasteiger partial charge in [-0.15, -0.1) is 45.1 Å². The minimum atomic E-state index is -1.18. The zero-order chi connectivity index (χ0) is 24.1. The first kappa shape index (κ1) is 25.1. The monoisotopic (exact) mass is 542 g/mol. The van der Waals surface area contributed by atoms with Crippen molar-refractivity contribution < 1.29 is 28.6 Å². The minimum Gasteiger partial charge on any atom is -0.477 e. The number of carboxylic acids is 1. The Labute approximate surface area is 212 Å². The highest BCUT2D eigenvalue weighted by Gasteiger charge is 2.54. The molecule has 0 bridgehead atoms. The van der Waals surface area contributed by atoms with Crippen LogP contribution < -0.4 is 5.32 Å². The van der Waals surface area contributed by atoms with Gasteiger partial charge in [0.05, 0.1) is 5.94 Å². The first-order valence-corrected chi connectivity index (χ1v) is 14.3. The van der Waals surface area contributed by atoms with Crippen molar-refractivity contribution in [1.29, 1.82) is 0 Å². The highest BCUT2D eigenvalue weighted by Crippen LogP contribution is 2.42. The predicted molar refractivity (Wildman–Crippen MR) is 130 cm³/mol. The molecule has 2 aliphatic rings. The van der Waals surface area contributed by atoms with Crippen LogP contribution in [0.3, 0.4) is 0 Å². The van der Waals surface area contributed by atoms with Gasteiger partial charge in [-0.2, -0.15) is 0 Å². The molecule has 2 amide bonds. The fourth-order valence-corrected chi connectivity index (χ4v) is 7.56. The summed E-state index contributed by atoms with van der Waals surface area (Å²) < 4.78 is 10.6. The summed E-state index contributed by atoms with van der Waals surface area (Å²) in [5, 5.41) is 21.3. The number of hydrogen-bond donors (Lipinski definition) is 2. The summed E-state index contributed by atoms with van der Waals surface area (Å²) in [4.78, 5) is 40.2. The Balaban J connectivity index is 1.43. The second-order valence-electron chi connectivity index (χ2n) is 7.23. The van der Waals surface area contributed by atoms with Gasteiger partial charge in [-0.25, -0.2) is 4.79 Å². The molecule has 0 aliphatic carbocycles. The van der Waals surface area contributed by atoms with Gasteiger partial charge >= 0.3 is 5.97 Å². The molecule has 10 nitrogen and oxygen atoms in total. The number of hydrogen-bond acceptors (Lipinski definition) is 11. The largest absolute Gasteiger partial charge is 0.477 e. The molecule has 3 unspecified atom stereocenters. The fraction of sp³-hybridized carbons (Fsp3) is 0.450. The van der Waals surface area contributed by atoms with Gasteiger partial charge in [0.15, 0.2) is 0 Å². The van der Waals surface area contributed by atoms with E-state index in [1.807, 2.05) is 24.4 Å². The third-order valence-corrected chi connectivity index (χ3v) is 9.41. The van der Waals surface area contributed by atoms with Gasteiger partial charge < -0.3 is 19.6 Å². The van der Waals surface area contributed by atoms with Gasteiger partial charge in [-0.05, 0) is 23.4 Å². The van der Waals surface area contributed by atoms with Gasteiger partial charge in [0.1, 0.15) is 22.4 Å². The molecule has 3 atom stereocenters. The topological polar surface area (TPSA) is 135 Å². The Morgan fingerprint density at radius 2 is 2.32 bits per heavy atom. The second kappa shape index (κ2) is 11.6. The molecular weight excluding hydrogens is 521 g/mol. The van der Waals surface area contributed by atoms with Crippen LogP contribution in [0, 0.1) is 0 Å². The Bertz CT molecular complexity index is 1050. The predicted octanol–water partition coefficient (Wildman–Crippen LogP) is 2.82. The first-order chi connectivity index (χ1) is 16.5. The second-order valence-corrected chi connectivity index (χ2v) is 11.3. The summed E-state index contributed by atoms with van der Waals surface area (Å²) >= 11 is 5.47. The number of carbonyl (C=O) groups is 3. The summed E-state index contributed by atoms with van der Waals surface area (Å²) in [5.41, 5.74) is 0.554. The molecule has 0 spiro atoms. The van der Waals surface area contributed by atoms with E-state index < -0.39 is 28.5 Å². The maximum atomic E-state index is 13.1. The van der Waals surface area contributed by atoms with Gasteiger partial charge in [-0.1, -0.05) is 24.8 Å². The van der Waals surface area contributed by atoms with Crippen molar-refractivity contribution in [2.24, 2.45) is 0 Å². The molecule has 14 heteroatoms. The number of aliphatic carboxylic acids is 1. The van der Waals surface area contributed by atoms with E-state index in [1.165, 1.54) is 57.9 Å². The summed E-state index contributed by atoms with van der Waals surface area (Å²) in [7, 11) is 0. The third kappa shape index (κ3) is 5.46. The minimum absolute atomic E-state index is 0.0385. The first-order valence-electron chi connectivity index (χ1n) is 10.3. The number of rotatable bonds is 12. The molecule has 4 rings (SSSR count). The summed E-state index contributed by atoms with van der Waals surface area (Å²) in [6, 6.07) is 2.97. The van der Waals surface area contributed by atoms with Gasteiger partial charge in [-0.3, -0.25) is 14.5 Å². The van der Waals surface area contributed by atoms with Crippen molar-refractivity contribution in [3.8, 4) is 0 Å². The highest BCUT2D eigenvalue weighted by atomic mass is 32.2. The van der Waals surface area contributed by atoms with Crippen molar-refractivity contribution in [1.82, 2.24) is 20.4 Å². The lowest BCUT2D eigenvalue weighted by atomic mass is 10.0. The van der Waals surface area contributed by atoms with Crippen molar-refractivity contribution in [3.05, 3.63) is 40.1 Å². The van der Waals surface area contributed by atoms with E-state index in [0.717, 1.165) is 11.3 Å². The number of amides is 2. The Hall–Kier alpha value is -2.00. The number of nitrogens with one attached hydrogen (secondary N) is 1. The third-order valence-electron chi connectivity index (χ3n) is 4.96. The lowest BCUT2D eigenvalue weighted by molar-refractivity contribution is -0.150. The SMILES string of the molecule is CCCOCSC(C(=O)NC1C(=O)N2C(C(=O)O)=C(CSc3nnco3)CSC12)c1cccs1. The fourth-order valence-electron chi connectivity index (χ4n) is 3.44.